The maximum atomic E-state index is 13.0. The van der Waals surface area contributed by atoms with Crippen LogP contribution in [0.3, 0.4) is 0 Å². The zero-order valence-corrected chi connectivity index (χ0v) is 16.8. The number of hydrogen-bond acceptors (Lipinski definition) is 3. The van der Waals surface area contributed by atoms with Crippen LogP contribution in [0.5, 0.6) is 0 Å². The van der Waals surface area contributed by atoms with E-state index in [4.69, 9.17) is 0 Å². The fraction of sp³-hybridized carbons (Fsp3) is 0.375. The number of benzene rings is 2. The predicted octanol–water partition coefficient (Wildman–Crippen LogP) is 3.79. The molecule has 2 aromatic rings. The SMILES string of the molecule is CCCN(CC1CC1)C(=O)c1ccc2c(c1)C(=O)N(CCc1ccccc1)C2=O. The highest BCUT2D eigenvalue weighted by atomic mass is 16.2. The highest BCUT2D eigenvalue weighted by Gasteiger charge is 2.36. The molecule has 150 valence electrons. The van der Waals surface area contributed by atoms with E-state index in [0.29, 0.717) is 42.1 Å². The molecule has 1 aliphatic heterocycles. The topological polar surface area (TPSA) is 57.7 Å². The van der Waals surface area contributed by atoms with Gasteiger partial charge in [0.15, 0.2) is 0 Å². The van der Waals surface area contributed by atoms with Crippen molar-refractivity contribution < 1.29 is 14.4 Å². The molecule has 1 saturated carbocycles. The number of hydrogen-bond donors (Lipinski definition) is 0. The van der Waals surface area contributed by atoms with Gasteiger partial charge in [-0.15, -0.1) is 0 Å². The minimum absolute atomic E-state index is 0.0514. The molecule has 5 heteroatoms. The normalized spacial score (nSPS) is 15.6. The number of carbonyl (C=O) groups excluding carboxylic acids is 3. The summed E-state index contributed by atoms with van der Waals surface area (Å²) in [4.78, 5) is 41.7. The Morgan fingerprint density at radius 1 is 1.03 bits per heavy atom. The first kappa shape index (κ1) is 19.4. The molecule has 0 bridgehead atoms. The lowest BCUT2D eigenvalue weighted by Crippen LogP contribution is -2.33. The lowest BCUT2D eigenvalue weighted by Gasteiger charge is -2.22. The summed E-state index contributed by atoms with van der Waals surface area (Å²) < 4.78 is 0. The van der Waals surface area contributed by atoms with Crippen LogP contribution in [0, 0.1) is 5.92 Å². The Kier molecular flexibility index (Phi) is 5.47. The summed E-state index contributed by atoms with van der Waals surface area (Å²) in [5.74, 6) is -0.0238. The van der Waals surface area contributed by atoms with Crippen molar-refractivity contribution in [3.8, 4) is 0 Å². The first-order valence-electron chi connectivity index (χ1n) is 10.4. The van der Waals surface area contributed by atoms with Crippen LogP contribution in [0.1, 0.15) is 62.8 Å². The maximum absolute atomic E-state index is 13.0. The molecular weight excluding hydrogens is 364 g/mol. The second kappa shape index (κ2) is 8.19. The van der Waals surface area contributed by atoms with E-state index in [1.807, 2.05) is 35.2 Å². The number of fused-ring (bicyclic) bond motifs is 1. The number of imide groups is 1. The van der Waals surface area contributed by atoms with Crippen LogP contribution >= 0.6 is 0 Å². The van der Waals surface area contributed by atoms with E-state index in [9.17, 15) is 14.4 Å². The van der Waals surface area contributed by atoms with Gasteiger partial charge in [-0.1, -0.05) is 37.3 Å². The van der Waals surface area contributed by atoms with Crippen LogP contribution in [0.2, 0.25) is 0 Å². The average Bonchev–Trinajstić information content (AvgIpc) is 3.53. The van der Waals surface area contributed by atoms with E-state index in [-0.39, 0.29) is 17.7 Å². The van der Waals surface area contributed by atoms with Gasteiger partial charge in [0.05, 0.1) is 11.1 Å². The van der Waals surface area contributed by atoms with Crippen molar-refractivity contribution in [2.24, 2.45) is 5.92 Å². The standard InChI is InChI=1S/C24H26N2O3/c1-2-13-25(16-18-8-9-18)22(27)19-10-11-20-21(15-19)24(29)26(23(20)28)14-12-17-6-4-3-5-7-17/h3-7,10-11,15,18H,2,8-9,12-14,16H2,1H3. The molecular formula is C24H26N2O3. The van der Waals surface area contributed by atoms with E-state index in [0.717, 1.165) is 18.5 Å². The summed E-state index contributed by atoms with van der Waals surface area (Å²) in [6, 6.07) is 14.7. The molecule has 0 spiro atoms. The van der Waals surface area contributed by atoms with Gasteiger partial charge in [-0.2, -0.15) is 0 Å². The van der Waals surface area contributed by atoms with Crippen LogP contribution in [0.25, 0.3) is 0 Å². The number of nitrogens with zero attached hydrogens (tertiary/aromatic N) is 2. The zero-order chi connectivity index (χ0) is 20.4. The molecule has 0 saturated heterocycles. The van der Waals surface area contributed by atoms with Gasteiger partial charge in [-0.25, -0.2) is 0 Å². The molecule has 2 aromatic carbocycles. The van der Waals surface area contributed by atoms with Crippen LogP contribution in [-0.2, 0) is 6.42 Å². The zero-order valence-electron chi connectivity index (χ0n) is 16.8. The number of carbonyl (C=O) groups is 3. The van der Waals surface area contributed by atoms with Crippen LogP contribution < -0.4 is 0 Å². The predicted molar refractivity (Wildman–Crippen MR) is 111 cm³/mol. The molecule has 1 heterocycles. The van der Waals surface area contributed by atoms with E-state index < -0.39 is 0 Å². The summed E-state index contributed by atoms with van der Waals surface area (Å²) in [5, 5.41) is 0. The molecule has 0 N–H and O–H groups in total. The molecule has 29 heavy (non-hydrogen) atoms. The van der Waals surface area contributed by atoms with E-state index in [2.05, 4.69) is 6.92 Å². The first-order valence-corrected chi connectivity index (χ1v) is 10.4. The summed E-state index contributed by atoms with van der Waals surface area (Å²) >= 11 is 0. The Morgan fingerprint density at radius 3 is 2.45 bits per heavy atom. The largest absolute Gasteiger partial charge is 0.338 e. The van der Waals surface area contributed by atoms with Crippen molar-refractivity contribution in [3.63, 3.8) is 0 Å². The summed E-state index contributed by atoms with van der Waals surface area (Å²) in [7, 11) is 0. The van der Waals surface area contributed by atoms with Gasteiger partial charge in [0.25, 0.3) is 17.7 Å². The molecule has 0 radical (unpaired) electrons. The Hall–Kier alpha value is -2.95. The average molecular weight is 390 g/mol. The second-order valence-electron chi connectivity index (χ2n) is 7.95. The van der Waals surface area contributed by atoms with Gasteiger partial charge >= 0.3 is 0 Å². The third-order valence-corrected chi connectivity index (χ3v) is 5.64. The fourth-order valence-electron chi connectivity index (χ4n) is 3.85. The molecule has 0 aromatic heterocycles. The van der Waals surface area contributed by atoms with Gasteiger partial charge in [-0.05, 0) is 55.4 Å². The van der Waals surface area contributed by atoms with Crippen LogP contribution in [-0.4, -0.2) is 47.2 Å². The third-order valence-electron chi connectivity index (χ3n) is 5.64. The monoisotopic (exact) mass is 390 g/mol. The van der Waals surface area contributed by atoms with E-state index in [1.54, 1.807) is 18.2 Å². The molecule has 4 rings (SSSR count). The van der Waals surface area contributed by atoms with Crippen molar-refractivity contribution in [3.05, 3.63) is 70.8 Å². The smallest absolute Gasteiger partial charge is 0.261 e. The maximum Gasteiger partial charge on any atom is 0.261 e. The van der Waals surface area contributed by atoms with Crippen molar-refractivity contribution in [1.82, 2.24) is 9.80 Å². The quantitative estimate of drug-likeness (QED) is 0.645. The van der Waals surface area contributed by atoms with Crippen LogP contribution in [0.4, 0.5) is 0 Å². The number of rotatable bonds is 8. The lowest BCUT2D eigenvalue weighted by molar-refractivity contribution is 0.0655. The second-order valence-corrected chi connectivity index (χ2v) is 7.95. The molecule has 0 unspecified atom stereocenters. The lowest BCUT2D eigenvalue weighted by atomic mass is 10.0. The molecule has 5 nitrogen and oxygen atoms in total. The molecule has 1 fully saturated rings. The van der Waals surface area contributed by atoms with E-state index in [1.165, 1.54) is 17.7 Å². The summed E-state index contributed by atoms with van der Waals surface area (Å²) in [5.41, 5.74) is 2.31. The Balaban J connectivity index is 1.50. The van der Waals surface area contributed by atoms with Gasteiger partial charge < -0.3 is 4.90 Å². The Morgan fingerprint density at radius 2 is 1.76 bits per heavy atom. The third kappa shape index (κ3) is 4.09. The summed E-state index contributed by atoms with van der Waals surface area (Å²) in [6.45, 7) is 3.88. The molecule has 2 aliphatic rings. The Bertz CT molecular complexity index is 934. The first-order chi connectivity index (χ1) is 14.1. The van der Waals surface area contributed by atoms with Crippen molar-refractivity contribution in [2.45, 2.75) is 32.6 Å². The van der Waals surface area contributed by atoms with Crippen molar-refractivity contribution in [2.75, 3.05) is 19.6 Å². The summed E-state index contributed by atoms with van der Waals surface area (Å²) in [6.07, 6.45) is 3.87. The highest BCUT2D eigenvalue weighted by molar-refractivity contribution is 6.22. The van der Waals surface area contributed by atoms with Crippen LogP contribution in [0.15, 0.2) is 48.5 Å². The van der Waals surface area contributed by atoms with Gasteiger partial charge in [0.1, 0.15) is 0 Å². The van der Waals surface area contributed by atoms with Crippen molar-refractivity contribution in [1.29, 1.82) is 0 Å². The van der Waals surface area contributed by atoms with E-state index >= 15 is 0 Å². The Labute approximate surface area is 171 Å². The van der Waals surface area contributed by atoms with Gasteiger partial charge in [0.2, 0.25) is 0 Å². The van der Waals surface area contributed by atoms with Gasteiger partial charge in [0, 0.05) is 25.2 Å². The minimum Gasteiger partial charge on any atom is -0.338 e. The van der Waals surface area contributed by atoms with Crippen molar-refractivity contribution >= 4 is 17.7 Å². The molecule has 1 aliphatic carbocycles. The van der Waals surface area contributed by atoms with Gasteiger partial charge in [-0.3, -0.25) is 19.3 Å². The highest BCUT2D eigenvalue weighted by Crippen LogP contribution is 2.31. The number of amides is 3. The molecule has 3 amide bonds. The minimum atomic E-state index is -0.306. The fourth-order valence-corrected chi connectivity index (χ4v) is 3.85. The molecule has 0 atom stereocenters.